The summed E-state index contributed by atoms with van der Waals surface area (Å²) in [6, 6.07) is 15.1. The third-order valence-corrected chi connectivity index (χ3v) is 5.35. The van der Waals surface area contributed by atoms with E-state index in [1.54, 1.807) is 19.2 Å². The first kappa shape index (κ1) is 17.9. The third-order valence-electron chi connectivity index (χ3n) is 5.12. The van der Waals surface area contributed by atoms with Crippen molar-refractivity contribution in [2.75, 3.05) is 38.2 Å². The molecule has 0 amide bonds. The van der Waals surface area contributed by atoms with Crippen molar-refractivity contribution in [1.82, 2.24) is 0 Å². The first-order chi connectivity index (χ1) is 13.1. The molecule has 1 aliphatic heterocycles. The van der Waals surface area contributed by atoms with Crippen LogP contribution in [0.5, 0.6) is 5.75 Å². The predicted octanol–water partition coefficient (Wildman–Crippen LogP) is 2.36. The van der Waals surface area contributed by atoms with Crippen molar-refractivity contribution in [3.63, 3.8) is 0 Å². The van der Waals surface area contributed by atoms with Crippen molar-refractivity contribution >= 4 is 28.3 Å². The molecule has 0 aliphatic carbocycles. The van der Waals surface area contributed by atoms with Gasteiger partial charge in [0.25, 0.3) is 0 Å². The number of hydrogen-bond donors (Lipinski definition) is 1. The van der Waals surface area contributed by atoms with E-state index in [-0.39, 0.29) is 5.63 Å². The number of piperazine rings is 1. The second-order valence-electron chi connectivity index (χ2n) is 6.85. The van der Waals surface area contributed by atoms with Gasteiger partial charge in [-0.15, -0.1) is 0 Å². The molecule has 1 N–H and O–H groups in total. The molecule has 0 atom stereocenters. The van der Waals surface area contributed by atoms with Crippen LogP contribution in [-0.2, 0) is 6.54 Å². The zero-order valence-corrected chi connectivity index (χ0v) is 16.0. The van der Waals surface area contributed by atoms with Crippen molar-refractivity contribution in [2.45, 2.75) is 6.54 Å². The van der Waals surface area contributed by atoms with Gasteiger partial charge in [0.1, 0.15) is 17.9 Å². The Kier molecular flexibility index (Phi) is 5.05. The highest BCUT2D eigenvalue weighted by atomic mass is 35.5. The number of anilines is 1. The van der Waals surface area contributed by atoms with Crippen LogP contribution in [0.2, 0.25) is 5.02 Å². The Balaban J connectivity index is 1.51. The number of halogens is 1. The van der Waals surface area contributed by atoms with Gasteiger partial charge < -0.3 is 19.0 Å². The molecule has 4 rings (SSSR count). The third kappa shape index (κ3) is 3.94. The number of quaternary nitrogens is 1. The van der Waals surface area contributed by atoms with Crippen molar-refractivity contribution in [3.8, 4) is 5.75 Å². The number of nitrogens with zero attached hydrogens (tertiary/aromatic N) is 1. The second kappa shape index (κ2) is 7.62. The Morgan fingerprint density at radius 1 is 1.15 bits per heavy atom. The highest BCUT2D eigenvalue weighted by Crippen LogP contribution is 2.23. The van der Waals surface area contributed by atoms with Gasteiger partial charge in [0.15, 0.2) is 0 Å². The van der Waals surface area contributed by atoms with E-state index >= 15 is 0 Å². The predicted molar refractivity (Wildman–Crippen MR) is 107 cm³/mol. The molecule has 0 radical (unpaired) electrons. The van der Waals surface area contributed by atoms with Crippen molar-refractivity contribution < 1.29 is 14.1 Å². The SMILES string of the molecule is COc1ccc2oc(=O)cc(C[NH+]3CCN(c4cccc(Cl)c4)CC3)c2c1. The summed E-state index contributed by atoms with van der Waals surface area (Å²) in [4.78, 5) is 15.7. The van der Waals surface area contributed by atoms with E-state index in [0.29, 0.717) is 5.58 Å². The molecule has 2 aromatic carbocycles. The molecule has 0 unspecified atom stereocenters. The fourth-order valence-electron chi connectivity index (χ4n) is 3.68. The molecule has 2 heterocycles. The number of rotatable bonds is 4. The van der Waals surface area contributed by atoms with Crippen molar-refractivity contribution in [3.05, 3.63) is 69.5 Å². The summed E-state index contributed by atoms with van der Waals surface area (Å²) in [5.41, 5.74) is 2.47. The van der Waals surface area contributed by atoms with Crippen molar-refractivity contribution in [1.29, 1.82) is 0 Å². The highest BCUT2D eigenvalue weighted by molar-refractivity contribution is 6.30. The lowest BCUT2D eigenvalue weighted by Crippen LogP contribution is -3.13. The Morgan fingerprint density at radius 3 is 2.70 bits per heavy atom. The monoisotopic (exact) mass is 385 g/mol. The summed E-state index contributed by atoms with van der Waals surface area (Å²) in [5, 5.41) is 1.71. The van der Waals surface area contributed by atoms with Crippen LogP contribution in [0.4, 0.5) is 5.69 Å². The number of methoxy groups -OCH3 is 1. The van der Waals surface area contributed by atoms with Gasteiger partial charge in [-0.05, 0) is 36.4 Å². The maximum Gasteiger partial charge on any atom is 0.336 e. The smallest absolute Gasteiger partial charge is 0.336 e. The molecule has 0 bridgehead atoms. The number of fused-ring (bicyclic) bond motifs is 1. The van der Waals surface area contributed by atoms with Crippen LogP contribution >= 0.6 is 11.6 Å². The Morgan fingerprint density at radius 2 is 1.96 bits per heavy atom. The van der Waals surface area contributed by atoms with E-state index < -0.39 is 0 Å². The maximum absolute atomic E-state index is 11.9. The fourth-order valence-corrected chi connectivity index (χ4v) is 3.86. The molecular formula is C21H22ClN2O3+. The average Bonchev–Trinajstić information content (AvgIpc) is 2.68. The van der Waals surface area contributed by atoms with E-state index in [1.807, 2.05) is 30.3 Å². The van der Waals surface area contributed by atoms with Gasteiger partial charge in [-0.25, -0.2) is 4.79 Å². The van der Waals surface area contributed by atoms with Gasteiger partial charge in [-0.1, -0.05) is 17.7 Å². The standard InChI is InChI=1S/C21H21ClN2O3/c1-26-18-5-6-20-19(13-18)15(11-21(25)27-20)14-23-7-9-24(10-8-23)17-4-2-3-16(22)12-17/h2-6,11-13H,7-10,14H2,1H3/p+1. The van der Waals surface area contributed by atoms with Crippen LogP contribution in [0.3, 0.4) is 0 Å². The minimum absolute atomic E-state index is 0.306. The van der Waals surface area contributed by atoms with Gasteiger partial charge in [0.2, 0.25) is 0 Å². The summed E-state index contributed by atoms with van der Waals surface area (Å²) in [6.45, 7) is 4.70. The minimum atomic E-state index is -0.306. The Labute approximate surface area is 162 Å². The summed E-state index contributed by atoms with van der Waals surface area (Å²) < 4.78 is 10.7. The molecule has 0 saturated carbocycles. The van der Waals surface area contributed by atoms with Crippen LogP contribution in [0, 0.1) is 0 Å². The summed E-state index contributed by atoms with van der Waals surface area (Å²) in [5.74, 6) is 0.762. The summed E-state index contributed by atoms with van der Waals surface area (Å²) in [7, 11) is 1.64. The quantitative estimate of drug-likeness (QED) is 0.700. The molecule has 140 valence electrons. The normalized spacial score (nSPS) is 15.3. The van der Waals surface area contributed by atoms with Crippen LogP contribution in [0.1, 0.15) is 5.56 Å². The fraction of sp³-hybridized carbons (Fsp3) is 0.286. The lowest BCUT2D eigenvalue weighted by molar-refractivity contribution is -0.914. The summed E-state index contributed by atoms with van der Waals surface area (Å²) >= 11 is 6.11. The van der Waals surface area contributed by atoms with Gasteiger partial charge in [0, 0.05) is 27.7 Å². The van der Waals surface area contributed by atoms with Crippen LogP contribution in [-0.4, -0.2) is 33.3 Å². The zero-order chi connectivity index (χ0) is 18.8. The zero-order valence-electron chi connectivity index (χ0n) is 15.2. The van der Waals surface area contributed by atoms with Gasteiger partial charge in [0.05, 0.1) is 33.3 Å². The highest BCUT2D eigenvalue weighted by Gasteiger charge is 2.22. The summed E-state index contributed by atoms with van der Waals surface area (Å²) in [6.07, 6.45) is 0. The molecule has 1 fully saturated rings. The molecule has 0 spiro atoms. The lowest BCUT2D eigenvalue weighted by Gasteiger charge is -2.33. The largest absolute Gasteiger partial charge is 0.497 e. The van der Waals surface area contributed by atoms with Gasteiger partial charge in [-0.3, -0.25) is 0 Å². The molecule has 1 saturated heterocycles. The van der Waals surface area contributed by atoms with Crippen LogP contribution in [0.15, 0.2) is 57.7 Å². The van der Waals surface area contributed by atoms with E-state index in [9.17, 15) is 4.79 Å². The van der Waals surface area contributed by atoms with E-state index in [0.717, 1.165) is 60.1 Å². The lowest BCUT2D eigenvalue weighted by atomic mass is 10.1. The molecule has 1 aliphatic rings. The molecule has 1 aromatic heterocycles. The molecular weight excluding hydrogens is 364 g/mol. The van der Waals surface area contributed by atoms with E-state index in [1.165, 1.54) is 4.90 Å². The minimum Gasteiger partial charge on any atom is -0.497 e. The number of ether oxygens (including phenoxy) is 1. The van der Waals surface area contributed by atoms with Gasteiger partial charge in [-0.2, -0.15) is 0 Å². The van der Waals surface area contributed by atoms with Crippen LogP contribution in [0.25, 0.3) is 11.0 Å². The first-order valence-electron chi connectivity index (χ1n) is 9.07. The number of nitrogens with one attached hydrogen (secondary N) is 1. The number of hydrogen-bond acceptors (Lipinski definition) is 4. The molecule has 3 aromatic rings. The molecule has 27 heavy (non-hydrogen) atoms. The van der Waals surface area contributed by atoms with Gasteiger partial charge >= 0.3 is 5.63 Å². The first-order valence-corrected chi connectivity index (χ1v) is 9.45. The average molecular weight is 386 g/mol. The Hall–Kier alpha value is -2.50. The van der Waals surface area contributed by atoms with Crippen LogP contribution < -0.4 is 20.2 Å². The van der Waals surface area contributed by atoms with E-state index in [2.05, 4.69) is 11.0 Å². The molecule has 6 heteroatoms. The maximum atomic E-state index is 11.9. The van der Waals surface area contributed by atoms with E-state index in [4.69, 9.17) is 20.8 Å². The Bertz CT molecular complexity index is 1010. The number of benzene rings is 2. The second-order valence-corrected chi connectivity index (χ2v) is 7.28. The topological polar surface area (TPSA) is 47.1 Å². The molecule has 5 nitrogen and oxygen atoms in total. The van der Waals surface area contributed by atoms with Crippen molar-refractivity contribution in [2.24, 2.45) is 0 Å².